The van der Waals surface area contributed by atoms with Gasteiger partial charge in [0.05, 0.1) is 19.2 Å². The summed E-state index contributed by atoms with van der Waals surface area (Å²) >= 11 is 0. The summed E-state index contributed by atoms with van der Waals surface area (Å²) in [4.78, 5) is 24.6. The molecular weight excluding hydrogens is 210 g/mol. The van der Waals surface area contributed by atoms with E-state index < -0.39 is 0 Å². The maximum Gasteiger partial charge on any atom is 0.311 e. The molecule has 86 valence electrons. The van der Waals surface area contributed by atoms with Crippen LogP contribution in [0.5, 0.6) is 0 Å². The highest BCUT2D eigenvalue weighted by Crippen LogP contribution is 2.24. The third kappa shape index (κ3) is 1.66. The summed E-state index contributed by atoms with van der Waals surface area (Å²) in [5.74, 6) is -0.0687. The zero-order chi connectivity index (χ0) is 11.7. The fourth-order valence-electron chi connectivity index (χ4n) is 1.89. The minimum atomic E-state index is -0.368. The van der Waals surface area contributed by atoms with Gasteiger partial charge in [-0.1, -0.05) is 0 Å². The van der Waals surface area contributed by atoms with Crippen molar-refractivity contribution in [1.82, 2.24) is 9.78 Å². The second-order valence-electron chi connectivity index (χ2n) is 3.74. The van der Waals surface area contributed by atoms with E-state index >= 15 is 0 Å². The molecule has 0 aromatic carbocycles. The number of esters is 1. The molecule has 1 aliphatic rings. The first-order chi connectivity index (χ1) is 7.63. The summed E-state index contributed by atoms with van der Waals surface area (Å²) in [6, 6.07) is 1.75. The highest BCUT2D eigenvalue weighted by Gasteiger charge is 2.36. The summed E-state index contributed by atoms with van der Waals surface area (Å²) < 4.78 is 6.25. The summed E-state index contributed by atoms with van der Waals surface area (Å²) in [7, 11) is 3.09. The molecule has 1 saturated heterocycles. The highest BCUT2D eigenvalue weighted by molar-refractivity contribution is 5.98. The van der Waals surface area contributed by atoms with E-state index in [4.69, 9.17) is 0 Å². The molecule has 0 radical (unpaired) electrons. The monoisotopic (exact) mass is 223 g/mol. The van der Waals surface area contributed by atoms with Gasteiger partial charge in [-0.2, -0.15) is 5.10 Å². The first-order valence-corrected chi connectivity index (χ1v) is 4.99. The molecule has 0 spiro atoms. The van der Waals surface area contributed by atoms with Crippen LogP contribution in [-0.2, 0) is 21.4 Å². The minimum absolute atomic E-state index is 0.0704. The molecule has 1 fully saturated rings. The van der Waals surface area contributed by atoms with Gasteiger partial charge in [-0.25, -0.2) is 0 Å². The molecule has 0 bridgehead atoms. The number of rotatable bonds is 2. The van der Waals surface area contributed by atoms with Gasteiger partial charge in [0.1, 0.15) is 5.82 Å². The summed E-state index contributed by atoms with van der Waals surface area (Å²) in [5, 5.41) is 3.99. The van der Waals surface area contributed by atoms with Gasteiger partial charge in [-0.3, -0.25) is 19.2 Å². The van der Waals surface area contributed by atoms with Crippen LogP contribution in [0.3, 0.4) is 0 Å². The summed E-state index contributed by atoms with van der Waals surface area (Å²) in [6.45, 7) is 0.366. The lowest BCUT2D eigenvalue weighted by atomic mass is 10.1. The van der Waals surface area contributed by atoms with Crippen molar-refractivity contribution in [3.63, 3.8) is 0 Å². The van der Waals surface area contributed by atoms with Crippen molar-refractivity contribution in [2.45, 2.75) is 6.42 Å². The average Bonchev–Trinajstić information content (AvgIpc) is 2.83. The smallest absolute Gasteiger partial charge is 0.311 e. The fourth-order valence-corrected chi connectivity index (χ4v) is 1.89. The minimum Gasteiger partial charge on any atom is -0.469 e. The fraction of sp³-hybridized carbons (Fsp3) is 0.500. The largest absolute Gasteiger partial charge is 0.469 e. The number of carbonyl (C=O) groups excluding carboxylic acids is 2. The molecule has 0 saturated carbocycles. The number of aromatic nitrogens is 2. The quantitative estimate of drug-likeness (QED) is 0.659. The molecule has 6 heteroatoms. The van der Waals surface area contributed by atoms with Crippen LogP contribution in [0.2, 0.25) is 0 Å². The van der Waals surface area contributed by atoms with Crippen LogP contribution in [-0.4, -0.2) is 35.3 Å². The second-order valence-corrected chi connectivity index (χ2v) is 3.74. The predicted molar refractivity (Wildman–Crippen MR) is 55.7 cm³/mol. The van der Waals surface area contributed by atoms with E-state index in [0.717, 1.165) is 0 Å². The van der Waals surface area contributed by atoms with Gasteiger partial charge in [0, 0.05) is 26.1 Å². The Morgan fingerprint density at radius 3 is 2.94 bits per heavy atom. The third-order valence-electron chi connectivity index (χ3n) is 2.73. The normalized spacial score (nSPS) is 20.2. The number of amides is 1. The molecule has 1 aromatic heterocycles. The summed E-state index contributed by atoms with van der Waals surface area (Å²) in [6.07, 6.45) is 1.83. The average molecular weight is 223 g/mol. The molecule has 2 heterocycles. The maximum atomic E-state index is 11.7. The molecule has 0 N–H and O–H groups in total. The van der Waals surface area contributed by atoms with Crippen molar-refractivity contribution in [2.75, 3.05) is 18.6 Å². The van der Waals surface area contributed by atoms with Gasteiger partial charge in [-0.15, -0.1) is 0 Å². The topological polar surface area (TPSA) is 64.4 Å². The van der Waals surface area contributed by atoms with E-state index in [0.29, 0.717) is 12.4 Å². The molecular formula is C10H13N3O3. The second kappa shape index (κ2) is 3.96. The van der Waals surface area contributed by atoms with Crippen molar-refractivity contribution < 1.29 is 14.3 Å². The number of hydrogen-bond donors (Lipinski definition) is 0. The van der Waals surface area contributed by atoms with E-state index in [2.05, 4.69) is 9.84 Å². The first-order valence-electron chi connectivity index (χ1n) is 4.99. The number of nitrogens with zero attached hydrogens (tertiary/aromatic N) is 3. The van der Waals surface area contributed by atoms with Crippen molar-refractivity contribution in [1.29, 1.82) is 0 Å². The van der Waals surface area contributed by atoms with Crippen molar-refractivity contribution in [2.24, 2.45) is 13.0 Å². The van der Waals surface area contributed by atoms with Crippen molar-refractivity contribution in [3.05, 3.63) is 12.3 Å². The number of carbonyl (C=O) groups is 2. The molecule has 6 nitrogen and oxygen atoms in total. The molecule has 1 aliphatic heterocycles. The number of hydrogen-bond acceptors (Lipinski definition) is 4. The first kappa shape index (κ1) is 10.7. The Hall–Kier alpha value is -1.85. The molecule has 1 atom stereocenters. The van der Waals surface area contributed by atoms with Crippen LogP contribution in [0.15, 0.2) is 12.3 Å². The van der Waals surface area contributed by atoms with Crippen LogP contribution in [0.1, 0.15) is 6.42 Å². The Morgan fingerprint density at radius 2 is 2.38 bits per heavy atom. The van der Waals surface area contributed by atoms with E-state index in [9.17, 15) is 9.59 Å². The lowest BCUT2D eigenvalue weighted by molar-refractivity contribution is -0.145. The van der Waals surface area contributed by atoms with Gasteiger partial charge in [0.2, 0.25) is 5.91 Å². The standard InChI is InChI=1S/C10H13N3O3/c1-12-8(3-4-11-12)13-6-7(5-9(13)14)10(15)16-2/h3-4,7H,5-6H2,1-2H3. The van der Waals surface area contributed by atoms with E-state index in [1.165, 1.54) is 7.11 Å². The lowest BCUT2D eigenvalue weighted by Gasteiger charge is -2.15. The molecule has 1 unspecified atom stereocenters. The maximum absolute atomic E-state index is 11.7. The third-order valence-corrected chi connectivity index (χ3v) is 2.73. The van der Waals surface area contributed by atoms with Crippen molar-refractivity contribution in [3.8, 4) is 0 Å². The van der Waals surface area contributed by atoms with Gasteiger partial charge < -0.3 is 4.74 Å². The van der Waals surface area contributed by atoms with Crippen LogP contribution in [0, 0.1) is 5.92 Å². The zero-order valence-electron chi connectivity index (χ0n) is 9.21. The number of ether oxygens (including phenoxy) is 1. The number of anilines is 1. The predicted octanol–water partition coefficient (Wildman–Crippen LogP) is -0.0540. The molecule has 0 aliphatic carbocycles. The van der Waals surface area contributed by atoms with Crippen molar-refractivity contribution >= 4 is 17.7 Å². The van der Waals surface area contributed by atoms with Gasteiger partial charge >= 0.3 is 5.97 Å². The molecule has 1 amide bonds. The lowest BCUT2D eigenvalue weighted by Crippen LogP contribution is -2.28. The van der Waals surface area contributed by atoms with Crippen LogP contribution >= 0.6 is 0 Å². The Labute approximate surface area is 92.8 Å². The number of aryl methyl sites for hydroxylation is 1. The Bertz CT molecular complexity index is 427. The van der Waals surface area contributed by atoms with Crippen LogP contribution in [0.25, 0.3) is 0 Å². The van der Waals surface area contributed by atoms with E-state index in [-0.39, 0.29) is 24.2 Å². The number of methoxy groups -OCH3 is 1. The summed E-state index contributed by atoms with van der Waals surface area (Å²) in [5.41, 5.74) is 0. The molecule has 2 rings (SSSR count). The van der Waals surface area contributed by atoms with E-state index in [1.807, 2.05) is 0 Å². The van der Waals surface area contributed by atoms with Gasteiger partial charge in [-0.05, 0) is 0 Å². The Balaban J connectivity index is 2.17. The van der Waals surface area contributed by atoms with Gasteiger partial charge in [0.25, 0.3) is 0 Å². The molecule has 1 aromatic rings. The van der Waals surface area contributed by atoms with Gasteiger partial charge in [0.15, 0.2) is 0 Å². The van der Waals surface area contributed by atoms with Crippen LogP contribution in [0.4, 0.5) is 5.82 Å². The molecule has 16 heavy (non-hydrogen) atoms. The van der Waals surface area contributed by atoms with Crippen LogP contribution < -0.4 is 4.90 Å². The van der Waals surface area contributed by atoms with E-state index in [1.54, 1.807) is 28.9 Å². The highest BCUT2D eigenvalue weighted by atomic mass is 16.5. The SMILES string of the molecule is COC(=O)C1CC(=O)N(c2ccnn2C)C1. The zero-order valence-corrected chi connectivity index (χ0v) is 9.21. The Kier molecular flexibility index (Phi) is 2.64. The Morgan fingerprint density at radius 1 is 1.62 bits per heavy atom.